The van der Waals surface area contributed by atoms with E-state index in [4.69, 9.17) is 18.9 Å². The molecule has 1 aromatic heterocycles. The highest BCUT2D eigenvalue weighted by atomic mass is 19.1. The van der Waals surface area contributed by atoms with E-state index in [-0.39, 0.29) is 37.6 Å². The number of carbonyl (C=O) groups is 5. The predicted molar refractivity (Wildman–Crippen MR) is 225 cm³/mol. The number of rotatable bonds is 12. The van der Waals surface area contributed by atoms with Crippen LogP contribution in [0.5, 0.6) is 0 Å². The molecule has 3 saturated carbocycles. The maximum atomic E-state index is 17.7. The molecule has 0 radical (unpaired) electrons. The van der Waals surface area contributed by atoms with Crippen LogP contribution in [0.15, 0.2) is 84.7 Å². The predicted octanol–water partition coefficient (Wildman–Crippen LogP) is 6.28. The van der Waals surface area contributed by atoms with Crippen molar-refractivity contribution in [1.82, 2.24) is 9.88 Å². The highest BCUT2D eigenvalue weighted by Crippen LogP contribution is 2.72. The number of aliphatic hydroxyl groups is 1. The summed E-state index contributed by atoms with van der Waals surface area (Å²) in [5.41, 5.74) is -3.30. The van der Waals surface area contributed by atoms with Gasteiger partial charge in [0.25, 0.3) is 0 Å². The number of hydrogen-bond acceptors (Lipinski definition) is 12. The third kappa shape index (κ3) is 7.18. The standard InChI is InChI=1S/C48H54FN3O10/c1-44(2)61-39-23-36-35-14-12-32-22-34(53)17-19-45(32,3)47(35,49)37(54)24-46(36,4)48(39,62-44)38(55)27-60-41(57)16-15-40(56)59-26-28-7-9-29(10-8-28)42(52(5)6)43(58)51-33-13-11-31-25-50-20-18-30(31)21-33/h7-11,13,17-22,25,35-37,39,42,54H,12,14-16,23-24,26-27H2,1-6H3,(H,51,58)/t35-,36-,37-,39+,42+,45-,46-,47-,48+/m0/s1. The Labute approximate surface area is 360 Å². The number of alkyl halides is 1. The topological polar surface area (TPSA) is 171 Å². The number of aromatic nitrogens is 1. The summed E-state index contributed by atoms with van der Waals surface area (Å²) in [6.07, 6.45) is 5.99. The number of fused-ring (bicyclic) bond motifs is 8. The number of pyridine rings is 1. The van der Waals surface area contributed by atoms with E-state index >= 15 is 4.39 Å². The summed E-state index contributed by atoms with van der Waals surface area (Å²) in [4.78, 5) is 71.7. The molecule has 2 aromatic carbocycles. The molecule has 1 saturated heterocycles. The van der Waals surface area contributed by atoms with Gasteiger partial charge in [0, 0.05) is 40.2 Å². The van der Waals surface area contributed by atoms with Crippen LogP contribution in [0, 0.1) is 22.7 Å². The lowest BCUT2D eigenvalue weighted by atomic mass is 9.44. The molecule has 0 spiro atoms. The number of halogens is 1. The van der Waals surface area contributed by atoms with Crippen molar-refractivity contribution in [1.29, 1.82) is 0 Å². The van der Waals surface area contributed by atoms with Crippen molar-refractivity contribution in [2.24, 2.45) is 22.7 Å². The maximum absolute atomic E-state index is 17.7. The van der Waals surface area contributed by atoms with Gasteiger partial charge in [0.05, 0.1) is 25.0 Å². The Morgan fingerprint density at radius 3 is 2.44 bits per heavy atom. The largest absolute Gasteiger partial charge is 0.461 e. The molecule has 9 atom stereocenters. The molecule has 1 amide bonds. The number of carbonyl (C=O) groups excluding carboxylic acids is 5. The molecule has 62 heavy (non-hydrogen) atoms. The average Bonchev–Trinajstić information content (AvgIpc) is 3.64. The second-order valence-electron chi connectivity index (χ2n) is 18.6. The number of hydrogen-bond donors (Lipinski definition) is 2. The number of benzene rings is 2. The third-order valence-corrected chi connectivity index (χ3v) is 14.3. The fraction of sp³-hybridized carbons (Fsp3) is 0.500. The lowest BCUT2D eigenvalue weighted by Gasteiger charge is -2.62. The van der Waals surface area contributed by atoms with Gasteiger partial charge in [-0.25, -0.2) is 4.39 Å². The van der Waals surface area contributed by atoms with Crippen molar-refractivity contribution in [3.63, 3.8) is 0 Å². The first-order chi connectivity index (χ1) is 29.3. The summed E-state index contributed by atoms with van der Waals surface area (Å²) in [6.45, 7) is 6.23. The Balaban J connectivity index is 0.857. The molecule has 8 rings (SSSR count). The van der Waals surface area contributed by atoms with E-state index in [1.807, 2.05) is 45.3 Å². The summed E-state index contributed by atoms with van der Waals surface area (Å²) in [7, 11) is 3.63. The van der Waals surface area contributed by atoms with Crippen LogP contribution in [0.25, 0.3) is 10.8 Å². The van der Waals surface area contributed by atoms with Gasteiger partial charge in [-0.3, -0.25) is 33.9 Å². The highest BCUT2D eigenvalue weighted by molar-refractivity contribution is 6.01. The summed E-state index contributed by atoms with van der Waals surface area (Å²) >= 11 is 0. The number of aliphatic hydroxyl groups excluding tert-OH is 1. The van der Waals surface area contributed by atoms with Gasteiger partial charge in [0.2, 0.25) is 11.7 Å². The fourth-order valence-corrected chi connectivity index (χ4v) is 11.4. The molecule has 328 valence electrons. The minimum Gasteiger partial charge on any atom is -0.461 e. The van der Waals surface area contributed by atoms with Gasteiger partial charge >= 0.3 is 11.9 Å². The maximum Gasteiger partial charge on any atom is 0.306 e. The molecular formula is C48H54FN3O10. The number of Topliss-reactive ketones (excluding diaryl/α,β-unsaturated/α-hetero) is 1. The quantitative estimate of drug-likeness (QED) is 0.196. The second-order valence-corrected chi connectivity index (χ2v) is 18.6. The number of amides is 1. The van der Waals surface area contributed by atoms with Gasteiger partial charge in [-0.2, -0.15) is 0 Å². The van der Waals surface area contributed by atoms with Gasteiger partial charge in [0.1, 0.15) is 12.6 Å². The van der Waals surface area contributed by atoms with E-state index in [1.165, 1.54) is 12.2 Å². The molecular weight excluding hydrogens is 798 g/mol. The van der Waals surface area contributed by atoms with Gasteiger partial charge in [-0.05, 0) is 113 Å². The van der Waals surface area contributed by atoms with Crippen molar-refractivity contribution in [3.05, 3.63) is 95.9 Å². The summed E-state index contributed by atoms with van der Waals surface area (Å²) in [6, 6.07) is 14.0. The van der Waals surface area contributed by atoms with Crippen LogP contribution < -0.4 is 5.32 Å². The summed E-state index contributed by atoms with van der Waals surface area (Å²) in [5.74, 6) is -4.69. The number of anilines is 1. The van der Waals surface area contributed by atoms with Crippen molar-refractivity contribution in [2.45, 2.75) is 108 Å². The first kappa shape index (κ1) is 43.5. The molecule has 0 bridgehead atoms. The van der Waals surface area contributed by atoms with E-state index in [9.17, 15) is 29.1 Å². The lowest BCUT2D eigenvalue weighted by Crippen LogP contribution is -2.70. The minimum absolute atomic E-state index is 0.0631. The van der Waals surface area contributed by atoms with Gasteiger partial charge in [-0.15, -0.1) is 0 Å². The van der Waals surface area contributed by atoms with Gasteiger partial charge in [-0.1, -0.05) is 48.9 Å². The molecule has 5 aliphatic rings. The van der Waals surface area contributed by atoms with Crippen LogP contribution >= 0.6 is 0 Å². The van der Waals surface area contributed by atoms with Crippen LogP contribution in [-0.2, 0) is 49.5 Å². The van der Waals surface area contributed by atoms with E-state index in [0.717, 1.165) is 16.3 Å². The van der Waals surface area contributed by atoms with Crippen LogP contribution in [0.4, 0.5) is 10.1 Å². The van der Waals surface area contributed by atoms with Crippen LogP contribution in [0.3, 0.4) is 0 Å². The number of esters is 2. The van der Waals surface area contributed by atoms with E-state index in [2.05, 4.69) is 10.3 Å². The van der Waals surface area contributed by atoms with Crippen molar-refractivity contribution >= 4 is 45.9 Å². The molecule has 4 aliphatic carbocycles. The monoisotopic (exact) mass is 851 g/mol. The molecule has 4 fully saturated rings. The van der Waals surface area contributed by atoms with Crippen LogP contribution in [-0.4, -0.2) is 94.4 Å². The van der Waals surface area contributed by atoms with E-state index < -0.39 is 82.3 Å². The van der Waals surface area contributed by atoms with Gasteiger partial charge < -0.3 is 29.4 Å². The zero-order valence-electron chi connectivity index (χ0n) is 35.9. The second kappa shape index (κ2) is 15.9. The Kier molecular flexibility index (Phi) is 11.1. The third-order valence-electron chi connectivity index (χ3n) is 14.3. The normalized spacial score (nSPS) is 32.2. The zero-order valence-corrected chi connectivity index (χ0v) is 35.9. The number of likely N-dealkylation sites (N-methyl/N-ethyl adjacent to an activating group) is 1. The molecule has 1 aliphatic heterocycles. The zero-order chi connectivity index (χ0) is 44.4. The molecule has 2 N–H and O–H groups in total. The number of ether oxygens (including phenoxy) is 4. The fourth-order valence-electron chi connectivity index (χ4n) is 11.4. The number of nitrogens with one attached hydrogen (secondary N) is 1. The highest BCUT2D eigenvalue weighted by Gasteiger charge is 2.80. The number of nitrogens with zero attached hydrogens (tertiary/aromatic N) is 2. The first-order valence-electron chi connectivity index (χ1n) is 21.2. The van der Waals surface area contributed by atoms with Crippen molar-refractivity contribution < 1.29 is 52.4 Å². The molecule has 14 heteroatoms. The van der Waals surface area contributed by atoms with Crippen LogP contribution in [0.2, 0.25) is 0 Å². The molecule has 3 aromatic rings. The lowest BCUT2D eigenvalue weighted by molar-refractivity contribution is -0.246. The van der Waals surface area contributed by atoms with Crippen molar-refractivity contribution in [3.8, 4) is 0 Å². The molecule has 13 nitrogen and oxygen atoms in total. The first-order valence-corrected chi connectivity index (χ1v) is 21.2. The Hall–Kier alpha value is -5.15. The number of allylic oxidation sites excluding steroid dienone is 4. The summed E-state index contributed by atoms with van der Waals surface area (Å²) in [5, 5.41) is 16.7. The van der Waals surface area contributed by atoms with Gasteiger partial charge in [0.15, 0.2) is 29.4 Å². The Morgan fingerprint density at radius 1 is 0.984 bits per heavy atom. The molecule has 2 heterocycles. The smallest absolute Gasteiger partial charge is 0.306 e. The average molecular weight is 852 g/mol. The SMILES string of the molecule is CN(C)[C@@H](C(=O)Nc1ccc2cnccc2c1)c1ccc(COC(=O)CCC(=O)OCC(=O)[C@@]23OC(C)(C)O[C@@H]2C[C@H]2[C@@H]4CCC5=CC(=O)C=C[C@]5(C)[C@@]4(F)[C@@H](O)C[C@@]23C)cc1. The van der Waals surface area contributed by atoms with Crippen LogP contribution in [0.1, 0.15) is 83.4 Å². The van der Waals surface area contributed by atoms with Crippen molar-refractivity contribution in [2.75, 3.05) is 26.0 Å². The molecule has 0 unspecified atom stereocenters. The Morgan fingerprint density at radius 2 is 1.71 bits per heavy atom. The number of ketones is 2. The Bertz CT molecular complexity index is 2380. The minimum atomic E-state index is -2.10. The summed E-state index contributed by atoms with van der Waals surface area (Å²) < 4.78 is 41.5. The van der Waals surface area contributed by atoms with E-state index in [0.29, 0.717) is 36.1 Å². The van der Waals surface area contributed by atoms with E-state index in [1.54, 1.807) is 68.4 Å².